The molecule has 1 unspecified atom stereocenters. The Bertz CT molecular complexity index is 374. The molecular formula is C15H22ClNO2. The van der Waals surface area contributed by atoms with Crippen molar-refractivity contribution < 1.29 is 10.2 Å². The van der Waals surface area contributed by atoms with Gasteiger partial charge in [-0.25, -0.2) is 0 Å². The van der Waals surface area contributed by atoms with Crippen molar-refractivity contribution in [3.8, 4) is 0 Å². The first-order valence-electron chi connectivity index (χ1n) is 6.97. The fourth-order valence-corrected chi connectivity index (χ4v) is 2.84. The minimum Gasteiger partial charge on any atom is -0.396 e. The number of halogens is 1. The molecule has 3 nitrogen and oxygen atoms in total. The molecule has 1 heterocycles. The van der Waals surface area contributed by atoms with Crippen molar-refractivity contribution in [1.82, 2.24) is 4.90 Å². The number of hydrogen-bond donors (Lipinski definition) is 2. The van der Waals surface area contributed by atoms with Crippen LogP contribution in [0.1, 0.15) is 30.9 Å². The molecule has 0 radical (unpaired) electrons. The van der Waals surface area contributed by atoms with Crippen LogP contribution in [0.5, 0.6) is 0 Å². The third-order valence-electron chi connectivity index (χ3n) is 3.92. The molecule has 2 rings (SSSR count). The maximum absolute atomic E-state index is 10.4. The van der Waals surface area contributed by atoms with Crippen LogP contribution in [0.3, 0.4) is 0 Å². The van der Waals surface area contributed by atoms with Crippen LogP contribution in [0.2, 0.25) is 5.02 Å². The van der Waals surface area contributed by atoms with E-state index in [1.807, 2.05) is 24.3 Å². The van der Waals surface area contributed by atoms with E-state index in [4.69, 9.17) is 16.7 Å². The fraction of sp³-hybridized carbons (Fsp3) is 0.600. The molecule has 1 atom stereocenters. The summed E-state index contributed by atoms with van der Waals surface area (Å²) in [5.41, 5.74) is 0.957. The third kappa shape index (κ3) is 4.18. The van der Waals surface area contributed by atoms with Crippen LogP contribution in [0.25, 0.3) is 0 Å². The Hall–Kier alpha value is -0.610. The molecular weight excluding hydrogens is 262 g/mol. The maximum Gasteiger partial charge on any atom is 0.0819 e. The lowest BCUT2D eigenvalue weighted by Gasteiger charge is -2.34. The van der Waals surface area contributed by atoms with Crippen LogP contribution in [0.15, 0.2) is 24.3 Å². The highest BCUT2D eigenvalue weighted by Crippen LogP contribution is 2.31. The zero-order valence-corrected chi connectivity index (χ0v) is 11.9. The van der Waals surface area contributed by atoms with E-state index in [0.717, 1.165) is 44.5 Å². The van der Waals surface area contributed by atoms with Crippen LogP contribution in [-0.4, -0.2) is 41.4 Å². The Morgan fingerprint density at radius 1 is 1.21 bits per heavy atom. The van der Waals surface area contributed by atoms with Gasteiger partial charge in [0.1, 0.15) is 0 Å². The van der Waals surface area contributed by atoms with Gasteiger partial charge in [-0.1, -0.05) is 23.7 Å². The molecule has 1 aliphatic heterocycles. The van der Waals surface area contributed by atoms with Crippen LogP contribution < -0.4 is 0 Å². The molecule has 0 spiro atoms. The third-order valence-corrected chi connectivity index (χ3v) is 4.17. The summed E-state index contributed by atoms with van der Waals surface area (Å²) in [6, 6.07) is 7.48. The SMILES string of the molecule is OCCCN1CCC(C(O)c2ccc(Cl)cc2)CC1. The summed E-state index contributed by atoms with van der Waals surface area (Å²) in [4.78, 5) is 2.36. The quantitative estimate of drug-likeness (QED) is 0.872. The van der Waals surface area contributed by atoms with Gasteiger partial charge in [0.2, 0.25) is 0 Å². The minimum atomic E-state index is -0.391. The van der Waals surface area contributed by atoms with Crippen molar-refractivity contribution in [2.24, 2.45) is 5.92 Å². The summed E-state index contributed by atoms with van der Waals surface area (Å²) in [7, 11) is 0. The summed E-state index contributed by atoms with van der Waals surface area (Å²) in [6.07, 6.45) is 2.46. The molecule has 1 aromatic rings. The van der Waals surface area contributed by atoms with Gasteiger partial charge in [-0.3, -0.25) is 0 Å². The fourth-order valence-electron chi connectivity index (χ4n) is 2.72. The van der Waals surface area contributed by atoms with E-state index in [1.165, 1.54) is 0 Å². The molecule has 0 saturated carbocycles. The zero-order valence-electron chi connectivity index (χ0n) is 11.1. The number of rotatable bonds is 5. The highest BCUT2D eigenvalue weighted by Gasteiger charge is 2.25. The zero-order chi connectivity index (χ0) is 13.7. The van der Waals surface area contributed by atoms with Gasteiger partial charge in [0, 0.05) is 18.2 Å². The number of hydrogen-bond acceptors (Lipinski definition) is 3. The average molecular weight is 284 g/mol. The van der Waals surface area contributed by atoms with Gasteiger partial charge >= 0.3 is 0 Å². The molecule has 1 aliphatic rings. The molecule has 106 valence electrons. The molecule has 2 N–H and O–H groups in total. The van der Waals surface area contributed by atoms with Crippen LogP contribution in [0.4, 0.5) is 0 Å². The van der Waals surface area contributed by atoms with Crippen molar-refractivity contribution in [3.63, 3.8) is 0 Å². The molecule has 19 heavy (non-hydrogen) atoms. The van der Waals surface area contributed by atoms with Gasteiger partial charge in [-0.05, 0) is 56.0 Å². The monoisotopic (exact) mass is 283 g/mol. The number of aliphatic hydroxyl groups is 2. The second-order valence-corrected chi connectivity index (χ2v) is 5.69. The number of aliphatic hydroxyl groups excluding tert-OH is 2. The first-order chi connectivity index (χ1) is 9.20. The summed E-state index contributed by atoms with van der Waals surface area (Å²) < 4.78 is 0. The van der Waals surface area contributed by atoms with E-state index < -0.39 is 6.10 Å². The highest BCUT2D eigenvalue weighted by atomic mass is 35.5. The molecule has 1 aromatic carbocycles. The lowest BCUT2D eigenvalue weighted by Crippen LogP contribution is -2.36. The van der Waals surface area contributed by atoms with Crippen LogP contribution >= 0.6 is 11.6 Å². The van der Waals surface area contributed by atoms with Crippen molar-refractivity contribution >= 4 is 11.6 Å². The Kier molecular flexibility index (Phi) is 5.64. The molecule has 1 fully saturated rings. The largest absolute Gasteiger partial charge is 0.396 e. The van der Waals surface area contributed by atoms with Crippen LogP contribution in [-0.2, 0) is 0 Å². The first kappa shape index (κ1) is 14.8. The highest BCUT2D eigenvalue weighted by molar-refractivity contribution is 6.30. The topological polar surface area (TPSA) is 43.7 Å². The van der Waals surface area contributed by atoms with Gasteiger partial charge < -0.3 is 15.1 Å². The average Bonchev–Trinajstić information content (AvgIpc) is 2.46. The second kappa shape index (κ2) is 7.25. The smallest absolute Gasteiger partial charge is 0.0819 e. The molecule has 0 amide bonds. The van der Waals surface area contributed by atoms with Crippen molar-refractivity contribution in [2.75, 3.05) is 26.2 Å². The summed E-state index contributed by atoms with van der Waals surface area (Å²) in [5, 5.41) is 19.9. The standard InChI is InChI=1S/C15H22ClNO2/c16-14-4-2-12(3-5-14)15(19)13-6-9-17(10-7-13)8-1-11-18/h2-5,13,15,18-19H,1,6-11H2. The Morgan fingerprint density at radius 2 is 1.84 bits per heavy atom. The summed E-state index contributed by atoms with van der Waals surface area (Å²) in [5.74, 6) is 0.326. The van der Waals surface area contributed by atoms with E-state index in [9.17, 15) is 5.11 Å². The Labute approximate surface area is 119 Å². The van der Waals surface area contributed by atoms with Gasteiger partial charge in [0.15, 0.2) is 0 Å². The van der Waals surface area contributed by atoms with Gasteiger partial charge in [0.05, 0.1) is 6.10 Å². The number of nitrogens with zero attached hydrogens (tertiary/aromatic N) is 1. The number of piperidine rings is 1. The maximum atomic E-state index is 10.4. The lowest BCUT2D eigenvalue weighted by molar-refractivity contribution is 0.0571. The van der Waals surface area contributed by atoms with E-state index in [-0.39, 0.29) is 6.61 Å². The predicted octanol–water partition coefficient (Wildman–Crippen LogP) is 2.47. The van der Waals surface area contributed by atoms with Crippen molar-refractivity contribution in [2.45, 2.75) is 25.4 Å². The minimum absolute atomic E-state index is 0.257. The summed E-state index contributed by atoms with van der Waals surface area (Å²) >= 11 is 5.86. The van der Waals surface area contributed by atoms with Gasteiger partial charge in [-0.2, -0.15) is 0 Å². The van der Waals surface area contributed by atoms with E-state index >= 15 is 0 Å². The van der Waals surface area contributed by atoms with Gasteiger partial charge in [-0.15, -0.1) is 0 Å². The van der Waals surface area contributed by atoms with Crippen LogP contribution in [0, 0.1) is 5.92 Å². The first-order valence-corrected chi connectivity index (χ1v) is 7.35. The Morgan fingerprint density at radius 3 is 2.42 bits per heavy atom. The number of likely N-dealkylation sites (tertiary alicyclic amines) is 1. The molecule has 1 saturated heterocycles. The van der Waals surface area contributed by atoms with Crippen molar-refractivity contribution in [3.05, 3.63) is 34.9 Å². The van der Waals surface area contributed by atoms with E-state index in [1.54, 1.807) is 0 Å². The molecule has 0 aromatic heterocycles. The van der Waals surface area contributed by atoms with Crippen molar-refractivity contribution in [1.29, 1.82) is 0 Å². The normalized spacial score (nSPS) is 19.5. The lowest BCUT2D eigenvalue weighted by atomic mass is 9.87. The Balaban J connectivity index is 1.85. The molecule has 4 heteroatoms. The predicted molar refractivity (Wildman–Crippen MR) is 77.3 cm³/mol. The van der Waals surface area contributed by atoms with E-state index in [0.29, 0.717) is 10.9 Å². The second-order valence-electron chi connectivity index (χ2n) is 5.25. The number of benzene rings is 1. The molecule has 0 bridgehead atoms. The van der Waals surface area contributed by atoms with Gasteiger partial charge in [0.25, 0.3) is 0 Å². The summed E-state index contributed by atoms with van der Waals surface area (Å²) in [6.45, 7) is 3.23. The molecule has 0 aliphatic carbocycles. The van der Waals surface area contributed by atoms with E-state index in [2.05, 4.69) is 4.90 Å².